The molecule has 0 spiro atoms. The Morgan fingerprint density at radius 1 is 1.45 bits per heavy atom. The summed E-state index contributed by atoms with van der Waals surface area (Å²) in [6, 6.07) is 0. The number of hydrogen-bond donors (Lipinski definition) is 2. The van der Waals surface area contributed by atoms with Gasteiger partial charge in [-0.1, -0.05) is 0 Å². The van der Waals surface area contributed by atoms with Gasteiger partial charge in [-0.05, 0) is 0 Å². The average molecular weight is 236 g/mol. The van der Waals surface area contributed by atoms with Crippen LogP contribution in [0.25, 0.3) is 0 Å². The molecule has 0 aromatic carbocycles. The molecule has 0 aromatic heterocycles. The molecule has 0 bridgehead atoms. The minimum absolute atomic E-state index is 0. The summed E-state index contributed by atoms with van der Waals surface area (Å²) in [6.07, 6.45) is 0. The van der Waals surface area contributed by atoms with Crippen molar-refractivity contribution in [1.82, 2.24) is 0 Å². The SMILES string of the molecule is O=C(CS(=O)(=O)O)OO.[H-].[H-].[K+].[K+]. The van der Waals surface area contributed by atoms with Gasteiger partial charge in [0.1, 0.15) is 0 Å². The predicted octanol–water partition coefficient (Wildman–Crippen LogP) is -6.88. The molecule has 0 amide bonds. The third kappa shape index (κ3) is 15.4. The second-order valence-electron chi connectivity index (χ2n) is 1.19. The molecule has 0 radical (unpaired) electrons. The first kappa shape index (κ1) is 19.2. The van der Waals surface area contributed by atoms with Crippen LogP contribution in [0.15, 0.2) is 0 Å². The predicted molar refractivity (Wildman–Crippen MR) is 27.4 cm³/mol. The van der Waals surface area contributed by atoms with Crippen LogP contribution in [0.2, 0.25) is 0 Å². The smallest absolute Gasteiger partial charge is 1.00 e. The molecule has 6 nitrogen and oxygen atoms in total. The summed E-state index contributed by atoms with van der Waals surface area (Å²) in [5, 5.41) is 7.47. The second kappa shape index (κ2) is 9.18. The fraction of sp³-hybridized carbons (Fsp3) is 0.500. The van der Waals surface area contributed by atoms with E-state index in [0.717, 1.165) is 0 Å². The Labute approximate surface area is 152 Å². The van der Waals surface area contributed by atoms with Crippen LogP contribution in [0.3, 0.4) is 0 Å². The molecule has 0 atom stereocenters. The van der Waals surface area contributed by atoms with Gasteiger partial charge in [0.25, 0.3) is 10.1 Å². The zero-order valence-electron chi connectivity index (χ0n) is 8.14. The van der Waals surface area contributed by atoms with Gasteiger partial charge >= 0.3 is 109 Å². The molecule has 0 saturated heterocycles. The molecular formula is C2H6K2O6S. The quantitative estimate of drug-likeness (QED) is 0.214. The number of carbonyl (C=O) groups excluding carboxylic acids is 1. The molecular weight excluding hydrogens is 230 g/mol. The van der Waals surface area contributed by atoms with Crippen molar-refractivity contribution in [3.63, 3.8) is 0 Å². The van der Waals surface area contributed by atoms with E-state index in [1.54, 1.807) is 0 Å². The monoisotopic (exact) mass is 236 g/mol. The molecule has 11 heavy (non-hydrogen) atoms. The van der Waals surface area contributed by atoms with Crippen molar-refractivity contribution in [1.29, 1.82) is 0 Å². The fourth-order valence-corrected chi connectivity index (χ4v) is 0.526. The Bertz CT molecular complexity index is 205. The van der Waals surface area contributed by atoms with Crippen LogP contribution in [0.4, 0.5) is 0 Å². The van der Waals surface area contributed by atoms with Gasteiger partial charge in [-0.2, -0.15) is 13.7 Å². The van der Waals surface area contributed by atoms with Gasteiger partial charge in [0.2, 0.25) is 0 Å². The van der Waals surface area contributed by atoms with Gasteiger partial charge < -0.3 is 2.85 Å². The van der Waals surface area contributed by atoms with E-state index in [9.17, 15) is 13.2 Å². The van der Waals surface area contributed by atoms with E-state index in [0.29, 0.717) is 0 Å². The Morgan fingerprint density at radius 3 is 1.91 bits per heavy atom. The molecule has 0 saturated carbocycles. The zero-order valence-corrected chi connectivity index (χ0v) is 13.2. The first-order valence-electron chi connectivity index (χ1n) is 1.75. The Morgan fingerprint density at radius 2 is 1.82 bits per heavy atom. The van der Waals surface area contributed by atoms with Gasteiger partial charge in [-0.15, -0.1) is 0 Å². The van der Waals surface area contributed by atoms with E-state index in [1.165, 1.54) is 0 Å². The van der Waals surface area contributed by atoms with Crippen LogP contribution in [0, 0.1) is 0 Å². The molecule has 2 N–H and O–H groups in total. The van der Waals surface area contributed by atoms with Gasteiger partial charge in [0, 0.05) is 0 Å². The summed E-state index contributed by atoms with van der Waals surface area (Å²) in [6.45, 7) is 0. The van der Waals surface area contributed by atoms with E-state index < -0.39 is 21.8 Å². The minimum atomic E-state index is -4.37. The number of rotatable bonds is 2. The molecule has 0 fully saturated rings. The molecule has 0 aliphatic heterocycles. The Balaban J connectivity index is -0.0000000533. The first-order valence-corrected chi connectivity index (χ1v) is 3.36. The zero-order chi connectivity index (χ0) is 7.49. The van der Waals surface area contributed by atoms with Crippen molar-refractivity contribution in [2.24, 2.45) is 0 Å². The summed E-state index contributed by atoms with van der Waals surface area (Å²) >= 11 is 0. The Kier molecular flexibility index (Phi) is 16.0. The third-order valence-electron chi connectivity index (χ3n) is 0.402. The standard InChI is InChI=1S/C2H4O6S.2K.2H/c3-2(8-4)1-9(5,6)7;;;;/h4H,1H2,(H,5,6,7);;;;/q;2*+1;2*-1. The minimum Gasteiger partial charge on any atom is -1.00 e. The van der Waals surface area contributed by atoms with Crippen LogP contribution in [-0.2, 0) is 19.8 Å². The van der Waals surface area contributed by atoms with Crippen LogP contribution < -0.4 is 103 Å². The molecule has 0 aliphatic rings. The van der Waals surface area contributed by atoms with Crippen molar-refractivity contribution in [3.05, 3.63) is 0 Å². The second-order valence-corrected chi connectivity index (χ2v) is 2.64. The average Bonchev–Trinajstić information content (AvgIpc) is 1.62. The summed E-state index contributed by atoms with van der Waals surface area (Å²) in [5.74, 6) is -2.65. The van der Waals surface area contributed by atoms with Gasteiger partial charge in [-0.25, -0.2) is 4.79 Å². The van der Waals surface area contributed by atoms with E-state index in [2.05, 4.69) is 4.89 Å². The van der Waals surface area contributed by atoms with Crippen molar-refractivity contribution >= 4 is 16.1 Å². The summed E-state index contributed by atoms with van der Waals surface area (Å²) in [7, 11) is -4.37. The fourth-order valence-electron chi connectivity index (χ4n) is 0.175. The van der Waals surface area contributed by atoms with Crippen molar-refractivity contribution in [2.75, 3.05) is 5.75 Å². The summed E-state index contributed by atoms with van der Waals surface area (Å²) in [4.78, 5) is 12.8. The van der Waals surface area contributed by atoms with Crippen molar-refractivity contribution in [2.45, 2.75) is 0 Å². The third-order valence-corrected chi connectivity index (χ3v) is 1.00. The number of hydrogen-bond acceptors (Lipinski definition) is 5. The summed E-state index contributed by atoms with van der Waals surface area (Å²) < 4.78 is 27.4. The van der Waals surface area contributed by atoms with Gasteiger partial charge in [-0.3, -0.25) is 9.44 Å². The maximum absolute atomic E-state index is 9.82. The maximum atomic E-state index is 9.82. The van der Waals surface area contributed by atoms with Crippen LogP contribution >= 0.6 is 0 Å². The largest absolute Gasteiger partial charge is 1.00 e. The maximum Gasteiger partial charge on any atom is 1.00 e. The van der Waals surface area contributed by atoms with Gasteiger partial charge in [0.15, 0.2) is 5.75 Å². The van der Waals surface area contributed by atoms with E-state index in [1.807, 2.05) is 0 Å². The van der Waals surface area contributed by atoms with Crippen LogP contribution in [-0.4, -0.2) is 29.9 Å². The molecule has 0 aromatic rings. The van der Waals surface area contributed by atoms with Crippen molar-refractivity contribution < 1.29 is 134 Å². The van der Waals surface area contributed by atoms with Crippen LogP contribution in [0.5, 0.6) is 0 Å². The van der Waals surface area contributed by atoms with Crippen molar-refractivity contribution in [3.8, 4) is 0 Å². The Hall–Kier alpha value is 2.61. The normalized spacial score (nSPS) is 8.91. The molecule has 0 unspecified atom stereocenters. The summed E-state index contributed by atoms with van der Waals surface area (Å²) in [5.41, 5.74) is 0. The van der Waals surface area contributed by atoms with Gasteiger partial charge in [0.05, 0.1) is 0 Å². The topological polar surface area (TPSA) is 101 Å². The molecule has 58 valence electrons. The van der Waals surface area contributed by atoms with Crippen LogP contribution in [0.1, 0.15) is 2.85 Å². The van der Waals surface area contributed by atoms with E-state index in [4.69, 9.17) is 9.81 Å². The molecule has 0 heterocycles. The molecule has 0 aliphatic carbocycles. The molecule has 9 heteroatoms. The first-order chi connectivity index (χ1) is 3.95. The van der Waals surface area contributed by atoms with E-state index in [-0.39, 0.29) is 106 Å². The van der Waals surface area contributed by atoms with E-state index >= 15 is 0 Å². The number of carbonyl (C=O) groups is 1. The molecule has 0 rings (SSSR count).